The first-order valence-corrected chi connectivity index (χ1v) is 7.78. The molecule has 1 saturated heterocycles. The highest BCUT2D eigenvalue weighted by Crippen LogP contribution is 2.40. The number of hydrogen-bond acceptors (Lipinski definition) is 5. The van der Waals surface area contributed by atoms with Crippen molar-refractivity contribution in [1.29, 1.82) is 0 Å². The lowest BCUT2D eigenvalue weighted by molar-refractivity contribution is -0.115. The molecule has 1 aromatic carbocycles. The molecular formula is C16H14N2O3S. The van der Waals surface area contributed by atoms with Gasteiger partial charge in [0.05, 0.1) is 24.1 Å². The summed E-state index contributed by atoms with van der Waals surface area (Å²) in [7, 11) is 1.34. The Hall–Kier alpha value is -2.34. The van der Waals surface area contributed by atoms with Crippen LogP contribution in [-0.4, -0.2) is 29.7 Å². The zero-order chi connectivity index (χ0) is 15.5. The van der Waals surface area contributed by atoms with Crippen molar-refractivity contribution in [3.8, 4) is 0 Å². The van der Waals surface area contributed by atoms with Crippen molar-refractivity contribution in [1.82, 2.24) is 4.98 Å². The molecule has 2 heterocycles. The number of aromatic nitrogens is 1. The molecule has 3 rings (SSSR count). The molecule has 6 heteroatoms. The second-order valence-electron chi connectivity index (χ2n) is 4.72. The van der Waals surface area contributed by atoms with E-state index in [9.17, 15) is 9.59 Å². The Balaban J connectivity index is 1.91. The summed E-state index contributed by atoms with van der Waals surface area (Å²) in [4.78, 5) is 29.8. The minimum Gasteiger partial charge on any atom is -0.465 e. The number of amides is 1. The van der Waals surface area contributed by atoms with Gasteiger partial charge in [0.2, 0.25) is 5.91 Å². The van der Waals surface area contributed by atoms with E-state index in [2.05, 4.69) is 9.72 Å². The normalized spacial score (nSPS) is 17.6. The van der Waals surface area contributed by atoms with Crippen molar-refractivity contribution < 1.29 is 14.3 Å². The molecule has 0 spiro atoms. The van der Waals surface area contributed by atoms with Crippen LogP contribution >= 0.6 is 11.8 Å². The van der Waals surface area contributed by atoms with Gasteiger partial charge in [-0.2, -0.15) is 0 Å². The zero-order valence-electron chi connectivity index (χ0n) is 11.9. The molecule has 22 heavy (non-hydrogen) atoms. The summed E-state index contributed by atoms with van der Waals surface area (Å²) in [6.45, 7) is 0. The molecular weight excluding hydrogens is 300 g/mol. The van der Waals surface area contributed by atoms with Gasteiger partial charge in [0, 0.05) is 11.9 Å². The number of rotatable bonds is 3. The fourth-order valence-electron chi connectivity index (χ4n) is 2.32. The SMILES string of the molecule is COC(=O)c1ccc(N2C(=O)CSC2c2ccccn2)cc1. The van der Waals surface area contributed by atoms with E-state index in [0.717, 1.165) is 11.4 Å². The van der Waals surface area contributed by atoms with Crippen molar-refractivity contribution in [3.63, 3.8) is 0 Å². The van der Waals surface area contributed by atoms with Crippen LogP contribution in [0.1, 0.15) is 21.4 Å². The highest BCUT2D eigenvalue weighted by atomic mass is 32.2. The fourth-order valence-corrected chi connectivity index (χ4v) is 3.46. The molecule has 2 aromatic rings. The van der Waals surface area contributed by atoms with Crippen molar-refractivity contribution in [2.75, 3.05) is 17.8 Å². The molecule has 0 saturated carbocycles. The van der Waals surface area contributed by atoms with Crippen LogP contribution in [0.25, 0.3) is 0 Å². The van der Waals surface area contributed by atoms with Gasteiger partial charge in [0.25, 0.3) is 0 Å². The van der Waals surface area contributed by atoms with Crippen molar-refractivity contribution >= 4 is 29.3 Å². The molecule has 0 N–H and O–H groups in total. The topological polar surface area (TPSA) is 59.5 Å². The number of carbonyl (C=O) groups is 2. The number of benzene rings is 1. The molecule has 0 aliphatic carbocycles. The Morgan fingerprint density at radius 3 is 2.68 bits per heavy atom. The number of methoxy groups -OCH3 is 1. The molecule has 5 nitrogen and oxygen atoms in total. The van der Waals surface area contributed by atoms with Gasteiger partial charge in [-0.1, -0.05) is 6.07 Å². The molecule has 1 atom stereocenters. The summed E-state index contributed by atoms with van der Waals surface area (Å²) >= 11 is 1.54. The predicted octanol–water partition coefficient (Wildman–Crippen LogP) is 2.65. The second kappa shape index (κ2) is 6.19. The quantitative estimate of drug-likeness (QED) is 0.815. The maximum absolute atomic E-state index is 12.2. The Morgan fingerprint density at radius 2 is 2.05 bits per heavy atom. The van der Waals surface area contributed by atoms with Crippen LogP contribution in [0.15, 0.2) is 48.7 Å². The maximum Gasteiger partial charge on any atom is 0.337 e. The first-order valence-electron chi connectivity index (χ1n) is 6.73. The minimum absolute atomic E-state index is 0.0338. The van der Waals surface area contributed by atoms with Gasteiger partial charge in [-0.25, -0.2) is 4.79 Å². The van der Waals surface area contributed by atoms with Crippen molar-refractivity contribution in [2.45, 2.75) is 5.37 Å². The number of nitrogens with zero attached hydrogens (tertiary/aromatic N) is 2. The molecule has 1 amide bonds. The number of thioether (sulfide) groups is 1. The van der Waals surface area contributed by atoms with Gasteiger partial charge in [-0.05, 0) is 36.4 Å². The molecule has 112 valence electrons. The first kappa shape index (κ1) is 14.6. The molecule has 0 bridgehead atoms. The maximum atomic E-state index is 12.2. The van der Waals surface area contributed by atoms with Crippen LogP contribution in [0.4, 0.5) is 5.69 Å². The third kappa shape index (κ3) is 2.69. The molecule has 1 aromatic heterocycles. The Morgan fingerprint density at radius 1 is 1.27 bits per heavy atom. The number of carbonyl (C=O) groups excluding carboxylic acids is 2. The molecule has 1 aliphatic rings. The second-order valence-corrected chi connectivity index (χ2v) is 5.79. The van der Waals surface area contributed by atoms with E-state index in [-0.39, 0.29) is 11.3 Å². The number of hydrogen-bond donors (Lipinski definition) is 0. The van der Waals surface area contributed by atoms with E-state index >= 15 is 0 Å². The van der Waals surface area contributed by atoms with Crippen LogP contribution in [0.5, 0.6) is 0 Å². The van der Waals surface area contributed by atoms with E-state index in [1.807, 2.05) is 18.2 Å². The average molecular weight is 314 g/mol. The lowest BCUT2D eigenvalue weighted by atomic mass is 10.2. The Kier molecular flexibility index (Phi) is 4.11. The number of anilines is 1. The van der Waals surface area contributed by atoms with Gasteiger partial charge in [-0.3, -0.25) is 14.7 Å². The van der Waals surface area contributed by atoms with Crippen molar-refractivity contribution in [3.05, 3.63) is 59.9 Å². The lowest BCUT2D eigenvalue weighted by Gasteiger charge is -2.23. The molecule has 1 unspecified atom stereocenters. The Bertz CT molecular complexity index is 688. The van der Waals surface area contributed by atoms with E-state index in [0.29, 0.717) is 11.3 Å². The summed E-state index contributed by atoms with van der Waals surface area (Å²) in [5, 5.41) is -0.141. The van der Waals surface area contributed by atoms with Gasteiger partial charge in [-0.15, -0.1) is 11.8 Å². The standard InChI is InChI=1S/C16H14N2O3S/c1-21-16(20)11-5-7-12(8-6-11)18-14(19)10-22-15(18)13-4-2-3-9-17-13/h2-9,15H,10H2,1H3. The number of esters is 1. The zero-order valence-corrected chi connectivity index (χ0v) is 12.7. The fraction of sp³-hybridized carbons (Fsp3) is 0.188. The predicted molar refractivity (Wildman–Crippen MR) is 84.7 cm³/mol. The van der Waals surface area contributed by atoms with Gasteiger partial charge in [0.1, 0.15) is 5.37 Å². The van der Waals surface area contributed by atoms with Crippen LogP contribution in [0, 0.1) is 0 Å². The van der Waals surface area contributed by atoms with Gasteiger partial charge in [0.15, 0.2) is 0 Å². The number of pyridine rings is 1. The molecule has 1 aliphatic heterocycles. The summed E-state index contributed by atoms with van der Waals surface area (Å²) < 4.78 is 4.68. The minimum atomic E-state index is -0.394. The highest BCUT2D eigenvalue weighted by molar-refractivity contribution is 8.00. The van der Waals surface area contributed by atoms with Crippen LogP contribution in [-0.2, 0) is 9.53 Å². The average Bonchev–Trinajstić information content (AvgIpc) is 2.96. The molecule has 0 radical (unpaired) electrons. The largest absolute Gasteiger partial charge is 0.465 e. The van der Waals surface area contributed by atoms with Gasteiger partial charge >= 0.3 is 5.97 Å². The Labute approximate surface area is 132 Å². The third-order valence-corrected chi connectivity index (χ3v) is 4.56. The van der Waals surface area contributed by atoms with E-state index in [1.165, 1.54) is 7.11 Å². The monoisotopic (exact) mass is 314 g/mol. The van der Waals surface area contributed by atoms with E-state index in [4.69, 9.17) is 0 Å². The van der Waals surface area contributed by atoms with Crippen LogP contribution < -0.4 is 4.90 Å². The van der Waals surface area contributed by atoms with Crippen LogP contribution in [0.3, 0.4) is 0 Å². The van der Waals surface area contributed by atoms with E-state index < -0.39 is 5.97 Å². The van der Waals surface area contributed by atoms with Crippen molar-refractivity contribution in [2.24, 2.45) is 0 Å². The van der Waals surface area contributed by atoms with Gasteiger partial charge < -0.3 is 4.74 Å². The summed E-state index contributed by atoms with van der Waals surface area (Å²) in [5.74, 6) is 0.0569. The lowest BCUT2D eigenvalue weighted by Crippen LogP contribution is -2.28. The third-order valence-electron chi connectivity index (χ3n) is 3.38. The molecule has 1 fully saturated rings. The van der Waals surface area contributed by atoms with Crippen LogP contribution in [0.2, 0.25) is 0 Å². The van der Waals surface area contributed by atoms with E-state index in [1.54, 1.807) is 47.1 Å². The summed E-state index contributed by atoms with van der Waals surface area (Å²) in [5.41, 5.74) is 2.05. The summed E-state index contributed by atoms with van der Waals surface area (Å²) in [6.07, 6.45) is 1.72. The highest BCUT2D eigenvalue weighted by Gasteiger charge is 2.34. The number of ether oxygens (including phenoxy) is 1. The first-order chi connectivity index (χ1) is 10.7. The smallest absolute Gasteiger partial charge is 0.337 e. The summed E-state index contributed by atoms with van der Waals surface area (Å²) in [6, 6.07) is 12.5.